The summed E-state index contributed by atoms with van der Waals surface area (Å²) in [6.45, 7) is -0.567. The predicted molar refractivity (Wildman–Crippen MR) is 130 cm³/mol. The summed E-state index contributed by atoms with van der Waals surface area (Å²) in [5.41, 5.74) is 0.643. The number of imide groups is 1. The van der Waals surface area contributed by atoms with Gasteiger partial charge >= 0.3 is 5.97 Å². The quantitative estimate of drug-likeness (QED) is 0.329. The van der Waals surface area contributed by atoms with Gasteiger partial charge in [-0.25, -0.2) is 4.79 Å². The number of esters is 1. The molecule has 2 aromatic carbocycles. The van der Waals surface area contributed by atoms with Gasteiger partial charge in [0.05, 0.1) is 44.6 Å². The Morgan fingerprint density at radius 1 is 0.971 bits per heavy atom. The maximum absolute atomic E-state index is 12.9. The zero-order chi connectivity index (χ0) is 24.6. The Hall–Kier alpha value is -2.32. The Labute approximate surface area is 215 Å². The number of hydrogen-bond donors (Lipinski definition) is 1. The van der Waals surface area contributed by atoms with Crippen molar-refractivity contribution in [3.8, 4) is 0 Å². The van der Waals surface area contributed by atoms with E-state index in [2.05, 4.69) is 5.32 Å². The van der Waals surface area contributed by atoms with Crippen molar-refractivity contribution in [2.24, 2.45) is 11.8 Å². The summed E-state index contributed by atoms with van der Waals surface area (Å²) in [7, 11) is 0. The molecule has 0 radical (unpaired) electrons. The van der Waals surface area contributed by atoms with Gasteiger partial charge in [0.2, 0.25) is 11.8 Å². The lowest BCUT2D eigenvalue weighted by Gasteiger charge is -2.28. The largest absolute Gasteiger partial charge is 0.452 e. The molecule has 0 bridgehead atoms. The molecule has 1 heterocycles. The summed E-state index contributed by atoms with van der Waals surface area (Å²) < 4.78 is 5.08. The van der Waals surface area contributed by atoms with Crippen molar-refractivity contribution in [1.82, 2.24) is 0 Å². The molecule has 1 saturated carbocycles. The van der Waals surface area contributed by atoms with Crippen LogP contribution in [0.15, 0.2) is 42.5 Å². The summed E-state index contributed by atoms with van der Waals surface area (Å²) in [6, 6.07) is 10.5. The molecular formula is C23H18Cl4N2O5. The van der Waals surface area contributed by atoms with E-state index < -0.39 is 41.1 Å². The average molecular weight is 544 g/mol. The van der Waals surface area contributed by atoms with Gasteiger partial charge in [0.25, 0.3) is 5.91 Å². The third-order valence-electron chi connectivity index (χ3n) is 5.79. The monoisotopic (exact) mass is 542 g/mol. The zero-order valence-electron chi connectivity index (χ0n) is 17.5. The van der Waals surface area contributed by atoms with Crippen LogP contribution < -0.4 is 10.2 Å². The molecule has 1 aliphatic carbocycles. The molecule has 11 heteroatoms. The van der Waals surface area contributed by atoms with Crippen molar-refractivity contribution in [2.75, 3.05) is 16.8 Å². The summed E-state index contributed by atoms with van der Waals surface area (Å²) in [6.07, 6.45) is 0.631. The molecule has 178 valence electrons. The molecule has 0 aromatic heterocycles. The van der Waals surface area contributed by atoms with Crippen LogP contribution in [0.5, 0.6) is 0 Å². The first-order valence-corrected chi connectivity index (χ1v) is 12.0. The Morgan fingerprint density at radius 3 is 2.24 bits per heavy atom. The summed E-state index contributed by atoms with van der Waals surface area (Å²) in [5.74, 6) is -3.21. The Morgan fingerprint density at radius 2 is 1.62 bits per heavy atom. The van der Waals surface area contributed by atoms with Gasteiger partial charge in [-0.1, -0.05) is 29.3 Å². The minimum absolute atomic E-state index is 0.0794. The minimum atomic E-state index is -0.794. The molecule has 4 atom stereocenters. The van der Waals surface area contributed by atoms with Crippen LogP contribution in [0, 0.1) is 11.8 Å². The summed E-state index contributed by atoms with van der Waals surface area (Å²) in [5, 5.41) is 2.38. The lowest BCUT2D eigenvalue weighted by molar-refractivity contribution is -0.122. The van der Waals surface area contributed by atoms with E-state index in [1.54, 1.807) is 12.1 Å². The highest BCUT2D eigenvalue weighted by atomic mass is 35.5. The lowest BCUT2D eigenvalue weighted by Crippen LogP contribution is -2.34. The maximum atomic E-state index is 12.9. The number of benzene rings is 2. The fourth-order valence-corrected chi connectivity index (χ4v) is 5.16. The fourth-order valence-electron chi connectivity index (χ4n) is 4.11. The minimum Gasteiger partial charge on any atom is -0.452 e. The number of nitrogens with one attached hydrogen (secondary N) is 1. The molecule has 4 rings (SSSR count). The van der Waals surface area contributed by atoms with E-state index in [1.165, 1.54) is 30.3 Å². The van der Waals surface area contributed by atoms with Crippen molar-refractivity contribution in [3.05, 3.63) is 58.1 Å². The number of amides is 3. The summed E-state index contributed by atoms with van der Waals surface area (Å²) in [4.78, 5) is 51.6. The highest BCUT2D eigenvalue weighted by molar-refractivity contribution is 6.36. The molecule has 3 amide bonds. The van der Waals surface area contributed by atoms with Gasteiger partial charge in [-0.3, -0.25) is 19.3 Å². The smallest absolute Gasteiger partial charge is 0.338 e. The molecule has 2 aromatic rings. The molecule has 0 unspecified atom stereocenters. The van der Waals surface area contributed by atoms with Crippen LogP contribution in [0.1, 0.15) is 23.2 Å². The van der Waals surface area contributed by atoms with Gasteiger partial charge in [0.1, 0.15) is 0 Å². The molecule has 2 aliphatic rings. The maximum Gasteiger partial charge on any atom is 0.338 e. The molecule has 1 N–H and O–H groups in total. The number of hydrogen-bond acceptors (Lipinski definition) is 5. The van der Waals surface area contributed by atoms with E-state index in [0.29, 0.717) is 23.6 Å². The Balaban J connectivity index is 1.42. The van der Waals surface area contributed by atoms with Crippen LogP contribution in [0.2, 0.25) is 10.0 Å². The van der Waals surface area contributed by atoms with Crippen molar-refractivity contribution < 1.29 is 23.9 Å². The fraction of sp³-hybridized carbons (Fsp3) is 0.304. The van der Waals surface area contributed by atoms with Gasteiger partial charge in [0.15, 0.2) is 6.61 Å². The lowest BCUT2D eigenvalue weighted by atomic mass is 9.80. The van der Waals surface area contributed by atoms with Crippen LogP contribution in [0.3, 0.4) is 0 Å². The summed E-state index contributed by atoms with van der Waals surface area (Å²) >= 11 is 24.3. The molecule has 2 fully saturated rings. The van der Waals surface area contributed by atoms with Crippen molar-refractivity contribution in [1.29, 1.82) is 0 Å². The Kier molecular flexibility index (Phi) is 7.38. The van der Waals surface area contributed by atoms with E-state index in [-0.39, 0.29) is 28.1 Å². The van der Waals surface area contributed by atoms with Gasteiger partial charge in [-0.15, -0.1) is 23.2 Å². The van der Waals surface area contributed by atoms with Crippen LogP contribution >= 0.6 is 46.4 Å². The second kappa shape index (κ2) is 10.1. The number of carbonyl (C=O) groups excluding carboxylic acids is 4. The number of halogens is 4. The first-order valence-electron chi connectivity index (χ1n) is 10.3. The van der Waals surface area contributed by atoms with E-state index in [4.69, 9.17) is 51.1 Å². The SMILES string of the molecule is O=C(COC(=O)c1cccc(N2C(=O)[C@@H]3C[C@@H](Cl)[C@@H](Cl)C[C@H]3C2=O)c1)Nc1ccc(Cl)cc1Cl. The van der Waals surface area contributed by atoms with Crippen molar-refractivity contribution >= 4 is 81.5 Å². The number of anilines is 2. The Bertz CT molecular complexity index is 1150. The van der Waals surface area contributed by atoms with Crippen molar-refractivity contribution in [2.45, 2.75) is 23.6 Å². The first kappa shape index (κ1) is 24.8. The number of fused-ring (bicyclic) bond motifs is 1. The van der Waals surface area contributed by atoms with Gasteiger partial charge < -0.3 is 10.1 Å². The number of rotatable bonds is 5. The number of carbonyl (C=O) groups is 4. The van der Waals surface area contributed by atoms with E-state index in [1.807, 2.05) is 0 Å². The second-order valence-corrected chi connectivity index (χ2v) is 9.99. The van der Waals surface area contributed by atoms with Gasteiger partial charge in [-0.05, 0) is 49.2 Å². The first-order chi connectivity index (χ1) is 16.2. The van der Waals surface area contributed by atoms with Gasteiger partial charge in [0, 0.05) is 5.02 Å². The van der Waals surface area contributed by atoms with E-state index in [9.17, 15) is 19.2 Å². The molecule has 1 aliphatic heterocycles. The van der Waals surface area contributed by atoms with E-state index >= 15 is 0 Å². The molecule has 0 spiro atoms. The zero-order valence-corrected chi connectivity index (χ0v) is 20.5. The molecule has 7 nitrogen and oxygen atoms in total. The van der Waals surface area contributed by atoms with Gasteiger partial charge in [-0.2, -0.15) is 0 Å². The second-order valence-electron chi connectivity index (χ2n) is 8.03. The van der Waals surface area contributed by atoms with Crippen molar-refractivity contribution in [3.63, 3.8) is 0 Å². The van der Waals surface area contributed by atoms with E-state index in [0.717, 1.165) is 4.90 Å². The van der Waals surface area contributed by atoms with Crippen LogP contribution in [0.25, 0.3) is 0 Å². The highest BCUT2D eigenvalue weighted by Crippen LogP contribution is 2.43. The number of ether oxygens (including phenoxy) is 1. The molecule has 34 heavy (non-hydrogen) atoms. The normalized spacial score (nSPS) is 24.1. The third kappa shape index (κ3) is 5.03. The van der Waals surface area contributed by atoms with Crippen LogP contribution in [0.4, 0.5) is 11.4 Å². The standard InChI is InChI=1S/C23H18Cl4N2O5/c24-12-4-5-19(18(27)7-12)28-20(30)10-34-23(33)11-2-1-3-13(6-11)29-21(31)14-8-16(25)17(26)9-15(14)22(29)32/h1-7,14-17H,8-10H2,(H,28,30)/t14-,15-,16-,17+/m1/s1. The number of alkyl halides is 2. The third-order valence-corrected chi connectivity index (χ3v) is 7.43. The van der Waals surface area contributed by atoms with Crippen LogP contribution in [-0.2, 0) is 19.1 Å². The topological polar surface area (TPSA) is 92.8 Å². The number of nitrogens with zero attached hydrogens (tertiary/aromatic N) is 1. The highest BCUT2D eigenvalue weighted by Gasteiger charge is 2.52. The molecular weight excluding hydrogens is 526 g/mol. The predicted octanol–water partition coefficient (Wildman–Crippen LogP) is 4.90. The van der Waals surface area contributed by atoms with Crippen LogP contribution in [-0.4, -0.2) is 41.1 Å². The molecule has 1 saturated heterocycles. The average Bonchev–Trinajstić information content (AvgIpc) is 3.03.